The van der Waals surface area contributed by atoms with Crippen LogP contribution >= 0.6 is 0 Å². The van der Waals surface area contributed by atoms with Gasteiger partial charge in [-0.05, 0) is 37.0 Å². The average Bonchev–Trinajstić information content (AvgIpc) is 2.79. The number of hydrogen-bond acceptors (Lipinski definition) is 5. The first-order valence-electron chi connectivity index (χ1n) is 10.2. The van der Waals surface area contributed by atoms with E-state index in [9.17, 15) is 4.39 Å². The molecule has 0 amide bonds. The van der Waals surface area contributed by atoms with Crippen LogP contribution in [0.5, 0.6) is 5.75 Å². The normalized spacial score (nSPS) is 19.6. The highest BCUT2D eigenvalue weighted by molar-refractivity contribution is 5.33. The lowest BCUT2D eigenvalue weighted by atomic mass is 10.0. The second-order valence-corrected chi connectivity index (χ2v) is 7.29. The van der Waals surface area contributed by atoms with Gasteiger partial charge in [0.05, 0.1) is 6.61 Å². The molecular formula is C23H27FN2O3. The molecule has 0 aromatic heterocycles. The lowest BCUT2D eigenvalue weighted by molar-refractivity contribution is 0.0822. The number of ether oxygens (including phenoxy) is 3. The van der Waals surface area contributed by atoms with E-state index in [0.29, 0.717) is 12.4 Å². The summed E-state index contributed by atoms with van der Waals surface area (Å²) in [6, 6.07) is 6.53. The third-order valence-corrected chi connectivity index (χ3v) is 5.30. The van der Waals surface area contributed by atoms with Crippen molar-refractivity contribution in [3.63, 3.8) is 0 Å². The maximum Gasteiger partial charge on any atom is 0.231 e. The summed E-state index contributed by atoms with van der Waals surface area (Å²) in [4.78, 5) is 4.60. The fourth-order valence-electron chi connectivity index (χ4n) is 3.62. The molecule has 5 nitrogen and oxygen atoms in total. The Bertz CT molecular complexity index is 823. The summed E-state index contributed by atoms with van der Waals surface area (Å²) in [6.45, 7) is 5.13. The Balaban J connectivity index is 1.16. The van der Waals surface area contributed by atoms with E-state index in [1.54, 1.807) is 30.7 Å². The summed E-state index contributed by atoms with van der Waals surface area (Å²) in [6.07, 6.45) is 12.6. The molecule has 1 saturated heterocycles. The topological polar surface area (TPSA) is 34.2 Å². The van der Waals surface area contributed by atoms with Crippen molar-refractivity contribution in [2.24, 2.45) is 0 Å². The van der Waals surface area contributed by atoms with Crippen molar-refractivity contribution in [1.29, 1.82) is 0 Å². The second kappa shape index (κ2) is 9.65. The van der Waals surface area contributed by atoms with E-state index in [2.05, 4.69) is 28.0 Å². The molecule has 2 heterocycles. The van der Waals surface area contributed by atoms with Crippen molar-refractivity contribution >= 4 is 0 Å². The summed E-state index contributed by atoms with van der Waals surface area (Å²) >= 11 is 0. The number of piperazine rings is 1. The van der Waals surface area contributed by atoms with Crippen LogP contribution in [-0.2, 0) is 9.47 Å². The standard InChI is InChI=1S/C23H27FN2O3/c24-20-9-4-5-10-21(20)27-16-6-11-25-12-14-26(15-13-25)23-18-28-22(17-29-23)19-7-2-1-3-8-19/h1-2,4-5,7,9-10,17-18H,3,6,8,11-16H2. The van der Waals surface area contributed by atoms with Crippen LogP contribution in [-0.4, -0.2) is 49.1 Å². The van der Waals surface area contributed by atoms with E-state index in [4.69, 9.17) is 14.2 Å². The molecule has 0 N–H and O–H groups in total. The van der Waals surface area contributed by atoms with Crippen LogP contribution in [0.2, 0.25) is 0 Å². The van der Waals surface area contributed by atoms with E-state index in [1.807, 2.05) is 0 Å². The molecule has 0 spiro atoms. The Hall–Kier alpha value is -2.73. The fraction of sp³-hybridized carbons (Fsp3) is 0.391. The van der Waals surface area contributed by atoms with Crippen molar-refractivity contribution in [1.82, 2.24) is 9.80 Å². The van der Waals surface area contributed by atoms with Gasteiger partial charge in [0.25, 0.3) is 0 Å². The van der Waals surface area contributed by atoms with E-state index < -0.39 is 0 Å². The molecule has 1 aromatic rings. The summed E-state index contributed by atoms with van der Waals surface area (Å²) in [5.74, 6) is 1.58. The van der Waals surface area contributed by atoms with Crippen molar-refractivity contribution in [3.05, 3.63) is 78.1 Å². The summed E-state index contributed by atoms with van der Waals surface area (Å²) in [5, 5.41) is 0. The van der Waals surface area contributed by atoms with Gasteiger partial charge >= 0.3 is 0 Å². The Labute approximate surface area is 171 Å². The van der Waals surface area contributed by atoms with Gasteiger partial charge in [-0.15, -0.1) is 0 Å². The van der Waals surface area contributed by atoms with Gasteiger partial charge in [-0.25, -0.2) is 4.39 Å². The van der Waals surface area contributed by atoms with E-state index in [0.717, 1.165) is 63.6 Å². The van der Waals surface area contributed by atoms with Crippen molar-refractivity contribution < 1.29 is 18.6 Å². The van der Waals surface area contributed by atoms with Gasteiger partial charge in [0, 0.05) is 32.7 Å². The number of para-hydroxylation sites is 1. The molecule has 0 radical (unpaired) electrons. The third kappa shape index (κ3) is 5.21. The van der Waals surface area contributed by atoms with Gasteiger partial charge in [0.15, 0.2) is 23.6 Å². The van der Waals surface area contributed by atoms with Crippen LogP contribution in [0.15, 0.2) is 72.2 Å². The van der Waals surface area contributed by atoms with E-state index >= 15 is 0 Å². The van der Waals surface area contributed by atoms with Crippen molar-refractivity contribution in [2.45, 2.75) is 19.3 Å². The van der Waals surface area contributed by atoms with Gasteiger partial charge in [-0.1, -0.05) is 30.4 Å². The molecule has 1 fully saturated rings. The summed E-state index contributed by atoms with van der Waals surface area (Å²) < 4.78 is 30.7. The van der Waals surface area contributed by atoms with Crippen LogP contribution in [0.1, 0.15) is 19.3 Å². The first-order valence-corrected chi connectivity index (χ1v) is 10.2. The SMILES string of the molecule is Fc1ccccc1OCCCN1CCN(C2=COC(C3=CC=CCC3)=CO2)CC1. The minimum absolute atomic E-state index is 0.308. The predicted molar refractivity (Wildman–Crippen MR) is 109 cm³/mol. The molecule has 0 bridgehead atoms. The minimum atomic E-state index is -0.308. The maximum atomic E-state index is 13.5. The second-order valence-electron chi connectivity index (χ2n) is 7.29. The van der Waals surface area contributed by atoms with Crippen molar-refractivity contribution in [2.75, 3.05) is 39.3 Å². The lowest BCUT2D eigenvalue weighted by Crippen LogP contribution is -2.46. The number of benzene rings is 1. The average molecular weight is 398 g/mol. The minimum Gasteiger partial charge on any atom is -0.490 e. The van der Waals surface area contributed by atoms with Crippen molar-refractivity contribution in [3.8, 4) is 5.75 Å². The Morgan fingerprint density at radius 2 is 1.90 bits per heavy atom. The Kier molecular flexibility index (Phi) is 6.52. The molecule has 0 saturated carbocycles. The zero-order chi connectivity index (χ0) is 19.9. The van der Waals surface area contributed by atoms with Gasteiger partial charge in [-0.3, -0.25) is 4.90 Å². The van der Waals surface area contributed by atoms with Gasteiger partial charge in [0.2, 0.25) is 5.88 Å². The molecule has 0 unspecified atom stereocenters. The number of allylic oxidation sites excluding steroid dienone is 4. The van der Waals surface area contributed by atoms with Gasteiger partial charge in [-0.2, -0.15) is 0 Å². The molecule has 1 aliphatic carbocycles. The van der Waals surface area contributed by atoms with Gasteiger partial charge in [0.1, 0.15) is 6.26 Å². The molecule has 3 aliphatic rings. The van der Waals surface area contributed by atoms with Crippen LogP contribution in [0, 0.1) is 5.82 Å². The molecule has 154 valence electrons. The first-order chi connectivity index (χ1) is 14.3. The fourth-order valence-corrected chi connectivity index (χ4v) is 3.62. The summed E-state index contributed by atoms with van der Waals surface area (Å²) in [7, 11) is 0. The first kappa shape index (κ1) is 19.6. The smallest absolute Gasteiger partial charge is 0.231 e. The molecule has 0 atom stereocenters. The third-order valence-electron chi connectivity index (χ3n) is 5.30. The highest BCUT2D eigenvalue weighted by Crippen LogP contribution is 2.26. The maximum absolute atomic E-state index is 13.5. The zero-order valence-corrected chi connectivity index (χ0v) is 16.6. The van der Waals surface area contributed by atoms with Gasteiger partial charge < -0.3 is 19.1 Å². The molecule has 29 heavy (non-hydrogen) atoms. The van der Waals surface area contributed by atoms with Crippen LogP contribution < -0.4 is 4.74 Å². The number of hydrogen-bond donors (Lipinski definition) is 0. The molecule has 2 aliphatic heterocycles. The lowest BCUT2D eigenvalue weighted by Gasteiger charge is -2.36. The number of rotatable bonds is 7. The van der Waals surface area contributed by atoms with Crippen LogP contribution in [0.25, 0.3) is 0 Å². The summed E-state index contributed by atoms with van der Waals surface area (Å²) in [5.41, 5.74) is 1.17. The Morgan fingerprint density at radius 1 is 1.03 bits per heavy atom. The molecule has 4 rings (SSSR count). The largest absolute Gasteiger partial charge is 0.490 e. The molecule has 6 heteroatoms. The quantitative estimate of drug-likeness (QED) is 0.644. The highest BCUT2D eigenvalue weighted by Gasteiger charge is 2.22. The molecular weight excluding hydrogens is 371 g/mol. The zero-order valence-electron chi connectivity index (χ0n) is 16.6. The van der Waals surface area contributed by atoms with E-state index in [-0.39, 0.29) is 5.82 Å². The number of halogens is 1. The monoisotopic (exact) mass is 398 g/mol. The van der Waals surface area contributed by atoms with Crippen LogP contribution in [0.3, 0.4) is 0 Å². The number of nitrogens with zero attached hydrogens (tertiary/aromatic N) is 2. The molecule has 1 aromatic carbocycles. The predicted octanol–water partition coefficient (Wildman–Crippen LogP) is 4.18. The van der Waals surface area contributed by atoms with E-state index in [1.165, 1.54) is 11.6 Å². The highest BCUT2D eigenvalue weighted by atomic mass is 19.1. The Morgan fingerprint density at radius 3 is 2.62 bits per heavy atom. The van der Waals surface area contributed by atoms with Crippen LogP contribution in [0.4, 0.5) is 4.39 Å².